The summed E-state index contributed by atoms with van der Waals surface area (Å²) in [6.07, 6.45) is 5.27. The third-order valence-electron chi connectivity index (χ3n) is 2.65. The molecule has 0 aliphatic carbocycles. The zero-order chi connectivity index (χ0) is 10.6. The summed E-state index contributed by atoms with van der Waals surface area (Å²) in [6.45, 7) is 11.4. The zero-order valence-electron chi connectivity index (χ0n) is 10.2. The maximum Gasteiger partial charge on any atom is -0.00233 e. The van der Waals surface area contributed by atoms with Crippen LogP contribution in [0.15, 0.2) is 0 Å². The summed E-state index contributed by atoms with van der Waals surface area (Å²) >= 11 is 0. The second-order valence-corrected chi connectivity index (χ2v) is 4.13. The molecule has 0 amide bonds. The van der Waals surface area contributed by atoms with Crippen molar-refractivity contribution in [1.29, 1.82) is 0 Å². The smallest absolute Gasteiger partial charge is 0.00233 e. The fourth-order valence-electron chi connectivity index (χ4n) is 1.35. The molecule has 0 saturated heterocycles. The quantitative estimate of drug-likeness (QED) is 0.529. The molecule has 0 aromatic carbocycles. The lowest BCUT2D eigenvalue weighted by Crippen LogP contribution is -2.22. The second-order valence-electron chi connectivity index (χ2n) is 4.13. The van der Waals surface area contributed by atoms with E-state index in [-0.39, 0.29) is 0 Å². The Hall–Kier alpha value is -0.0800. The van der Waals surface area contributed by atoms with E-state index in [2.05, 4.69) is 31.4 Å². The van der Waals surface area contributed by atoms with Gasteiger partial charge in [-0.15, -0.1) is 0 Å². The average molecular weight is 200 g/mol. The van der Waals surface area contributed by atoms with Crippen molar-refractivity contribution in [2.45, 2.75) is 46.5 Å². The highest BCUT2D eigenvalue weighted by Gasteiger charge is 1.96. The minimum absolute atomic E-state index is 0.830. The van der Waals surface area contributed by atoms with E-state index in [0.717, 1.165) is 12.5 Å². The minimum Gasteiger partial charge on any atom is -0.317 e. The van der Waals surface area contributed by atoms with Gasteiger partial charge in [-0.3, -0.25) is 0 Å². The van der Waals surface area contributed by atoms with Crippen LogP contribution in [0.5, 0.6) is 0 Å². The Morgan fingerprint density at radius 3 is 2.14 bits per heavy atom. The predicted octanol–water partition coefficient (Wildman–Crippen LogP) is 2.40. The van der Waals surface area contributed by atoms with Crippen molar-refractivity contribution in [2.75, 3.05) is 26.2 Å². The van der Waals surface area contributed by atoms with E-state index >= 15 is 0 Å². The predicted molar refractivity (Wildman–Crippen MR) is 64.7 cm³/mol. The Kier molecular flexibility index (Phi) is 10.9. The zero-order valence-corrected chi connectivity index (χ0v) is 10.2. The Labute approximate surface area is 89.9 Å². The van der Waals surface area contributed by atoms with Crippen LogP contribution in [0.25, 0.3) is 0 Å². The third-order valence-corrected chi connectivity index (χ3v) is 2.65. The molecular formula is C12H28N2. The summed E-state index contributed by atoms with van der Waals surface area (Å²) in [6, 6.07) is 0. The van der Waals surface area contributed by atoms with E-state index < -0.39 is 0 Å². The summed E-state index contributed by atoms with van der Waals surface area (Å²) in [4.78, 5) is 0. The first kappa shape index (κ1) is 13.9. The van der Waals surface area contributed by atoms with Gasteiger partial charge in [0.25, 0.3) is 0 Å². The largest absolute Gasteiger partial charge is 0.317 e. The van der Waals surface area contributed by atoms with Crippen molar-refractivity contribution < 1.29 is 0 Å². The Bertz CT molecular complexity index is 104. The molecule has 0 radical (unpaired) electrons. The molecule has 0 aliphatic rings. The van der Waals surface area contributed by atoms with Gasteiger partial charge in [0.05, 0.1) is 0 Å². The molecule has 0 aliphatic heterocycles. The first-order chi connectivity index (χ1) is 6.81. The minimum atomic E-state index is 0.830. The molecule has 0 saturated carbocycles. The molecule has 0 bridgehead atoms. The molecule has 1 unspecified atom stereocenters. The lowest BCUT2D eigenvalue weighted by atomic mass is 10.1. The van der Waals surface area contributed by atoms with Gasteiger partial charge in [0.2, 0.25) is 0 Å². The number of rotatable bonds is 10. The Morgan fingerprint density at radius 1 is 0.929 bits per heavy atom. The third kappa shape index (κ3) is 10.0. The van der Waals surface area contributed by atoms with E-state index in [9.17, 15) is 0 Å². The van der Waals surface area contributed by atoms with E-state index in [1.165, 1.54) is 45.3 Å². The SMILES string of the molecule is CCNCCCCCNCC(C)CC. The summed E-state index contributed by atoms with van der Waals surface area (Å²) in [5, 5.41) is 6.85. The van der Waals surface area contributed by atoms with Crippen LogP contribution in [-0.2, 0) is 0 Å². The summed E-state index contributed by atoms with van der Waals surface area (Å²) < 4.78 is 0. The molecule has 86 valence electrons. The Balaban J connectivity index is 2.92. The topological polar surface area (TPSA) is 24.1 Å². The highest BCUT2D eigenvalue weighted by Crippen LogP contribution is 1.98. The first-order valence-electron chi connectivity index (χ1n) is 6.22. The van der Waals surface area contributed by atoms with Crippen LogP contribution in [-0.4, -0.2) is 26.2 Å². The van der Waals surface area contributed by atoms with Gasteiger partial charge in [0.1, 0.15) is 0 Å². The molecule has 0 aromatic heterocycles. The van der Waals surface area contributed by atoms with Gasteiger partial charge < -0.3 is 10.6 Å². The fraction of sp³-hybridized carbons (Fsp3) is 1.00. The van der Waals surface area contributed by atoms with Crippen molar-refractivity contribution in [1.82, 2.24) is 10.6 Å². The molecule has 0 aromatic rings. The Morgan fingerprint density at radius 2 is 1.57 bits per heavy atom. The summed E-state index contributed by atoms with van der Waals surface area (Å²) in [7, 11) is 0. The highest BCUT2D eigenvalue weighted by atomic mass is 14.9. The van der Waals surface area contributed by atoms with Crippen LogP contribution in [0.1, 0.15) is 46.5 Å². The molecule has 0 fully saturated rings. The molecule has 2 nitrogen and oxygen atoms in total. The van der Waals surface area contributed by atoms with Gasteiger partial charge in [0, 0.05) is 0 Å². The van der Waals surface area contributed by atoms with Crippen molar-refractivity contribution in [3.8, 4) is 0 Å². The van der Waals surface area contributed by atoms with Crippen LogP contribution in [0.2, 0.25) is 0 Å². The van der Waals surface area contributed by atoms with Crippen LogP contribution >= 0.6 is 0 Å². The lowest BCUT2D eigenvalue weighted by Gasteiger charge is -2.09. The van der Waals surface area contributed by atoms with Gasteiger partial charge in [-0.2, -0.15) is 0 Å². The first-order valence-corrected chi connectivity index (χ1v) is 6.22. The maximum atomic E-state index is 3.51. The fourth-order valence-corrected chi connectivity index (χ4v) is 1.35. The van der Waals surface area contributed by atoms with Crippen LogP contribution in [0.3, 0.4) is 0 Å². The molecule has 1 atom stereocenters. The van der Waals surface area contributed by atoms with E-state index in [0.29, 0.717) is 0 Å². The van der Waals surface area contributed by atoms with Gasteiger partial charge in [-0.1, -0.05) is 33.6 Å². The van der Waals surface area contributed by atoms with Crippen LogP contribution in [0, 0.1) is 5.92 Å². The van der Waals surface area contributed by atoms with Gasteiger partial charge in [-0.25, -0.2) is 0 Å². The highest BCUT2D eigenvalue weighted by molar-refractivity contribution is 4.55. The maximum absolute atomic E-state index is 3.51. The van der Waals surface area contributed by atoms with E-state index in [4.69, 9.17) is 0 Å². The molecule has 2 N–H and O–H groups in total. The van der Waals surface area contributed by atoms with Gasteiger partial charge in [0.15, 0.2) is 0 Å². The number of nitrogens with one attached hydrogen (secondary N) is 2. The molecular weight excluding hydrogens is 172 g/mol. The number of hydrogen-bond donors (Lipinski definition) is 2. The number of hydrogen-bond acceptors (Lipinski definition) is 2. The molecule has 14 heavy (non-hydrogen) atoms. The molecule has 2 heteroatoms. The molecule has 0 rings (SSSR count). The standard InChI is InChI=1S/C12H28N2/c1-4-12(3)11-14-10-8-6-7-9-13-5-2/h12-14H,4-11H2,1-3H3. The second kappa shape index (κ2) is 11.0. The van der Waals surface area contributed by atoms with Crippen LogP contribution in [0.4, 0.5) is 0 Å². The van der Waals surface area contributed by atoms with Gasteiger partial charge >= 0.3 is 0 Å². The summed E-state index contributed by atoms with van der Waals surface area (Å²) in [5.74, 6) is 0.830. The monoisotopic (exact) mass is 200 g/mol. The van der Waals surface area contributed by atoms with Crippen LogP contribution < -0.4 is 10.6 Å². The average Bonchev–Trinajstić information content (AvgIpc) is 2.21. The normalized spacial score (nSPS) is 13.1. The summed E-state index contributed by atoms with van der Waals surface area (Å²) in [5.41, 5.74) is 0. The van der Waals surface area contributed by atoms with E-state index in [1.807, 2.05) is 0 Å². The molecule has 0 heterocycles. The van der Waals surface area contributed by atoms with Gasteiger partial charge in [-0.05, 0) is 44.9 Å². The van der Waals surface area contributed by atoms with Crippen molar-refractivity contribution in [3.63, 3.8) is 0 Å². The molecule has 0 spiro atoms. The van der Waals surface area contributed by atoms with E-state index in [1.54, 1.807) is 0 Å². The van der Waals surface area contributed by atoms with Crippen molar-refractivity contribution in [2.24, 2.45) is 5.92 Å². The lowest BCUT2D eigenvalue weighted by molar-refractivity contribution is 0.487. The number of unbranched alkanes of at least 4 members (excludes halogenated alkanes) is 2. The van der Waals surface area contributed by atoms with Crippen molar-refractivity contribution in [3.05, 3.63) is 0 Å². The van der Waals surface area contributed by atoms with Crippen molar-refractivity contribution >= 4 is 0 Å².